The molecule has 1 aromatic carbocycles. The van der Waals surface area contributed by atoms with Crippen LogP contribution in [0.5, 0.6) is 0 Å². The molecule has 0 bridgehead atoms. The van der Waals surface area contributed by atoms with Gasteiger partial charge in [0.25, 0.3) is 0 Å². The van der Waals surface area contributed by atoms with Crippen LogP contribution in [0.25, 0.3) is 0 Å². The van der Waals surface area contributed by atoms with Gasteiger partial charge in [-0.25, -0.2) is 0 Å². The zero-order chi connectivity index (χ0) is 12.3. The van der Waals surface area contributed by atoms with Gasteiger partial charge in [0.2, 0.25) is 0 Å². The summed E-state index contributed by atoms with van der Waals surface area (Å²) >= 11 is 0. The number of rotatable bonds is 6. The summed E-state index contributed by atoms with van der Waals surface area (Å²) in [6.45, 7) is 2.09. The van der Waals surface area contributed by atoms with Gasteiger partial charge in [0.1, 0.15) is 0 Å². The van der Waals surface area contributed by atoms with E-state index in [9.17, 15) is 5.11 Å². The lowest BCUT2D eigenvalue weighted by Gasteiger charge is -2.10. The number of ether oxygens (including phenoxy) is 1. The summed E-state index contributed by atoms with van der Waals surface area (Å²) in [5.74, 6) is 0. The molecule has 2 heteroatoms. The summed E-state index contributed by atoms with van der Waals surface area (Å²) in [7, 11) is 1.75. The van der Waals surface area contributed by atoms with E-state index in [2.05, 4.69) is 31.2 Å². The van der Waals surface area contributed by atoms with Crippen molar-refractivity contribution in [3.8, 4) is 0 Å². The summed E-state index contributed by atoms with van der Waals surface area (Å²) in [5.41, 5.74) is 2.21. The fourth-order valence-electron chi connectivity index (χ4n) is 2.01. The molecule has 0 aromatic heterocycles. The van der Waals surface area contributed by atoms with Gasteiger partial charge in [-0.1, -0.05) is 24.3 Å². The summed E-state index contributed by atoms with van der Waals surface area (Å²) in [6, 6.07) is 8.62. The highest BCUT2D eigenvalue weighted by molar-refractivity contribution is 5.25. The van der Waals surface area contributed by atoms with Crippen LogP contribution in [0, 0.1) is 0 Å². The Labute approximate surface area is 104 Å². The number of hydrogen-bond donors (Lipinski definition) is 1. The number of hydrogen-bond acceptors (Lipinski definition) is 2. The fraction of sp³-hybridized carbons (Fsp3) is 0.600. The van der Waals surface area contributed by atoms with Crippen LogP contribution in [-0.4, -0.2) is 23.9 Å². The van der Waals surface area contributed by atoms with E-state index in [0.29, 0.717) is 6.10 Å². The third-order valence-electron chi connectivity index (χ3n) is 3.63. The Morgan fingerprint density at radius 1 is 1.24 bits per heavy atom. The SMILES string of the molecule is COC(C)CCc1ccc(CC2(O)CC2)cc1. The Hall–Kier alpha value is -0.860. The van der Waals surface area contributed by atoms with Crippen LogP contribution in [0.2, 0.25) is 0 Å². The maximum absolute atomic E-state index is 9.84. The van der Waals surface area contributed by atoms with Crippen molar-refractivity contribution in [3.05, 3.63) is 35.4 Å². The standard InChI is InChI=1S/C15H22O2/c1-12(17-2)3-4-13-5-7-14(8-6-13)11-15(16)9-10-15/h5-8,12,16H,3-4,9-11H2,1-2H3. The minimum atomic E-state index is -0.383. The smallest absolute Gasteiger partial charge is 0.0690 e. The third-order valence-corrected chi connectivity index (χ3v) is 3.63. The summed E-state index contributed by atoms with van der Waals surface area (Å²) < 4.78 is 5.24. The first-order chi connectivity index (χ1) is 8.11. The van der Waals surface area contributed by atoms with Crippen LogP contribution in [0.1, 0.15) is 37.3 Å². The zero-order valence-corrected chi connectivity index (χ0v) is 10.8. The summed E-state index contributed by atoms with van der Waals surface area (Å²) in [5, 5.41) is 9.84. The van der Waals surface area contributed by atoms with Crippen molar-refractivity contribution in [2.24, 2.45) is 0 Å². The lowest BCUT2D eigenvalue weighted by molar-refractivity contribution is 0.111. The van der Waals surface area contributed by atoms with E-state index in [1.54, 1.807) is 7.11 Å². The molecule has 0 heterocycles. The number of methoxy groups -OCH3 is 1. The number of benzene rings is 1. The summed E-state index contributed by atoms with van der Waals surface area (Å²) in [6.07, 6.45) is 5.16. The van der Waals surface area contributed by atoms with Gasteiger partial charge in [0.05, 0.1) is 11.7 Å². The average molecular weight is 234 g/mol. The van der Waals surface area contributed by atoms with Crippen molar-refractivity contribution >= 4 is 0 Å². The van der Waals surface area contributed by atoms with E-state index >= 15 is 0 Å². The minimum Gasteiger partial charge on any atom is -0.390 e. The molecule has 0 spiro atoms. The number of aliphatic hydroxyl groups is 1. The molecule has 1 aliphatic carbocycles. The van der Waals surface area contributed by atoms with Crippen molar-refractivity contribution in [2.75, 3.05) is 7.11 Å². The Bertz CT molecular complexity index is 352. The monoisotopic (exact) mass is 234 g/mol. The second-order valence-electron chi connectivity index (χ2n) is 5.30. The quantitative estimate of drug-likeness (QED) is 0.820. The van der Waals surface area contributed by atoms with Gasteiger partial charge < -0.3 is 9.84 Å². The maximum Gasteiger partial charge on any atom is 0.0690 e. The van der Waals surface area contributed by atoms with Crippen LogP contribution in [0.4, 0.5) is 0 Å². The fourth-order valence-corrected chi connectivity index (χ4v) is 2.01. The van der Waals surface area contributed by atoms with E-state index in [1.807, 2.05) is 0 Å². The van der Waals surface area contributed by atoms with Gasteiger partial charge in [-0.15, -0.1) is 0 Å². The highest BCUT2D eigenvalue weighted by Gasteiger charge is 2.39. The Morgan fingerprint density at radius 2 is 1.82 bits per heavy atom. The van der Waals surface area contributed by atoms with Crippen LogP contribution in [0.15, 0.2) is 24.3 Å². The first-order valence-electron chi connectivity index (χ1n) is 6.44. The lowest BCUT2D eigenvalue weighted by Crippen LogP contribution is -2.10. The minimum absolute atomic E-state index is 0.321. The molecule has 0 radical (unpaired) electrons. The van der Waals surface area contributed by atoms with Gasteiger partial charge in [-0.2, -0.15) is 0 Å². The molecular weight excluding hydrogens is 212 g/mol. The van der Waals surface area contributed by atoms with Crippen LogP contribution in [-0.2, 0) is 17.6 Å². The van der Waals surface area contributed by atoms with Gasteiger partial charge in [-0.3, -0.25) is 0 Å². The van der Waals surface area contributed by atoms with E-state index < -0.39 is 0 Å². The van der Waals surface area contributed by atoms with Gasteiger partial charge in [-0.05, 0) is 43.7 Å². The molecular formula is C15H22O2. The Kier molecular flexibility index (Phi) is 3.85. The van der Waals surface area contributed by atoms with Crippen molar-refractivity contribution in [1.82, 2.24) is 0 Å². The molecule has 1 aliphatic rings. The predicted molar refractivity (Wildman–Crippen MR) is 69.1 cm³/mol. The molecule has 1 fully saturated rings. The normalized spacial score (nSPS) is 19.0. The van der Waals surface area contributed by atoms with Crippen LogP contribution < -0.4 is 0 Å². The number of aryl methyl sites for hydroxylation is 1. The molecule has 17 heavy (non-hydrogen) atoms. The topological polar surface area (TPSA) is 29.5 Å². The Morgan fingerprint density at radius 3 is 2.35 bits per heavy atom. The second-order valence-corrected chi connectivity index (χ2v) is 5.30. The molecule has 2 rings (SSSR count). The van der Waals surface area contributed by atoms with E-state index in [4.69, 9.17) is 4.74 Å². The molecule has 0 saturated heterocycles. The highest BCUT2D eigenvalue weighted by atomic mass is 16.5. The van der Waals surface area contributed by atoms with Crippen molar-refractivity contribution in [1.29, 1.82) is 0 Å². The average Bonchev–Trinajstić information content (AvgIpc) is 3.05. The van der Waals surface area contributed by atoms with Gasteiger partial charge in [0.15, 0.2) is 0 Å². The predicted octanol–water partition coefficient (Wildman–Crippen LogP) is 2.72. The van der Waals surface area contributed by atoms with Crippen molar-refractivity contribution < 1.29 is 9.84 Å². The Balaban J connectivity index is 1.84. The van der Waals surface area contributed by atoms with Crippen molar-refractivity contribution in [2.45, 2.75) is 50.7 Å². The van der Waals surface area contributed by atoms with Gasteiger partial charge >= 0.3 is 0 Å². The van der Waals surface area contributed by atoms with Crippen LogP contribution >= 0.6 is 0 Å². The van der Waals surface area contributed by atoms with E-state index in [0.717, 1.165) is 32.1 Å². The molecule has 1 unspecified atom stereocenters. The summed E-state index contributed by atoms with van der Waals surface area (Å²) in [4.78, 5) is 0. The van der Waals surface area contributed by atoms with Gasteiger partial charge in [0, 0.05) is 13.5 Å². The molecule has 2 nitrogen and oxygen atoms in total. The van der Waals surface area contributed by atoms with E-state index in [-0.39, 0.29) is 5.60 Å². The van der Waals surface area contributed by atoms with Crippen molar-refractivity contribution in [3.63, 3.8) is 0 Å². The third kappa shape index (κ3) is 3.83. The molecule has 1 N–H and O–H groups in total. The molecule has 1 aromatic rings. The molecule has 1 saturated carbocycles. The molecule has 94 valence electrons. The first kappa shape index (κ1) is 12.6. The molecule has 1 atom stereocenters. The van der Waals surface area contributed by atoms with E-state index in [1.165, 1.54) is 11.1 Å². The molecule has 0 amide bonds. The largest absolute Gasteiger partial charge is 0.390 e. The first-order valence-corrected chi connectivity index (χ1v) is 6.44. The highest BCUT2D eigenvalue weighted by Crippen LogP contribution is 2.38. The zero-order valence-electron chi connectivity index (χ0n) is 10.8. The molecule has 0 aliphatic heterocycles. The van der Waals surface area contributed by atoms with Crippen LogP contribution in [0.3, 0.4) is 0 Å². The lowest BCUT2D eigenvalue weighted by atomic mass is 10.0. The maximum atomic E-state index is 9.84. The second kappa shape index (κ2) is 5.19.